The van der Waals surface area contributed by atoms with E-state index in [9.17, 15) is 13.2 Å². The Morgan fingerprint density at radius 1 is 1.16 bits per heavy atom. The predicted octanol–water partition coefficient (Wildman–Crippen LogP) is 3.39. The number of pyridine rings is 1. The van der Waals surface area contributed by atoms with Gasteiger partial charge in [-0.25, -0.2) is 15.0 Å². The lowest BCUT2D eigenvalue weighted by molar-refractivity contribution is -0.141. The minimum atomic E-state index is -4.56. The molecular weight excluding hydrogens is 345 g/mol. The van der Waals surface area contributed by atoms with Crippen LogP contribution in [0, 0.1) is 0 Å². The summed E-state index contributed by atoms with van der Waals surface area (Å²) in [5.74, 6) is -0.422. The third-order valence-corrected chi connectivity index (χ3v) is 3.26. The zero-order valence-corrected chi connectivity index (χ0v) is 11.6. The van der Waals surface area contributed by atoms with Gasteiger partial charge >= 0.3 is 6.18 Å². The van der Waals surface area contributed by atoms with E-state index in [2.05, 4.69) is 30.9 Å². The van der Waals surface area contributed by atoms with Gasteiger partial charge in [0, 0.05) is 16.7 Å². The number of nitrogens with two attached hydrogens (primary N) is 1. The summed E-state index contributed by atoms with van der Waals surface area (Å²) in [7, 11) is 0. The van der Waals surface area contributed by atoms with Crippen LogP contribution in [0.15, 0.2) is 38.9 Å². The van der Waals surface area contributed by atoms with Crippen molar-refractivity contribution in [1.82, 2.24) is 15.0 Å². The van der Waals surface area contributed by atoms with Crippen molar-refractivity contribution < 1.29 is 13.2 Å². The predicted molar refractivity (Wildman–Crippen MR) is 67.5 cm³/mol. The van der Waals surface area contributed by atoms with Crippen LogP contribution in [0.5, 0.6) is 0 Å². The number of hydrogen-bond donors (Lipinski definition) is 1. The summed E-state index contributed by atoms with van der Waals surface area (Å²) in [6, 6.07) is 4.22. The van der Waals surface area contributed by atoms with E-state index in [1.54, 1.807) is 12.1 Å². The van der Waals surface area contributed by atoms with E-state index in [-0.39, 0.29) is 5.03 Å². The fourth-order valence-corrected chi connectivity index (χ4v) is 2.17. The average Bonchev–Trinajstić information content (AvgIpc) is 2.30. The maximum absolute atomic E-state index is 12.6. The highest BCUT2D eigenvalue weighted by molar-refractivity contribution is 9.10. The monoisotopic (exact) mass is 350 g/mol. The minimum Gasteiger partial charge on any atom is -0.368 e. The fraction of sp³-hybridized carbons (Fsp3) is 0.100. The van der Waals surface area contributed by atoms with Gasteiger partial charge in [-0.05, 0) is 39.8 Å². The lowest BCUT2D eigenvalue weighted by atomic mass is 10.4. The van der Waals surface area contributed by atoms with Gasteiger partial charge in [0.05, 0.1) is 0 Å². The van der Waals surface area contributed by atoms with Gasteiger partial charge in [0.2, 0.25) is 5.95 Å². The van der Waals surface area contributed by atoms with Crippen LogP contribution in [0.4, 0.5) is 19.1 Å². The smallest absolute Gasteiger partial charge is 0.368 e. The first-order valence-corrected chi connectivity index (χ1v) is 6.47. The molecule has 0 spiro atoms. The first kappa shape index (κ1) is 14.1. The van der Waals surface area contributed by atoms with Crippen molar-refractivity contribution in [2.45, 2.75) is 16.2 Å². The largest absolute Gasteiger partial charge is 0.433 e. The number of aromatic nitrogens is 3. The second-order valence-corrected chi connectivity index (χ2v) is 5.32. The SMILES string of the molecule is Nc1nc(Sc2ccc(Br)cn2)cc(C(F)(F)F)n1. The van der Waals surface area contributed by atoms with Gasteiger partial charge in [0.25, 0.3) is 0 Å². The first-order chi connectivity index (χ1) is 8.84. The Morgan fingerprint density at radius 3 is 2.47 bits per heavy atom. The number of nitrogen functional groups attached to an aromatic ring is 1. The standard InChI is InChI=1S/C10H6BrF3N4S/c11-5-1-2-7(16-4-5)19-8-3-6(10(12,13)14)17-9(15)18-8/h1-4H,(H2,15,17,18). The molecule has 0 radical (unpaired) electrons. The van der Waals surface area contributed by atoms with Crippen molar-refractivity contribution in [3.63, 3.8) is 0 Å². The molecule has 2 aromatic heterocycles. The fourth-order valence-electron chi connectivity index (χ4n) is 1.17. The van der Waals surface area contributed by atoms with Crippen LogP contribution in [0.2, 0.25) is 0 Å². The molecule has 9 heteroatoms. The molecule has 0 saturated heterocycles. The Labute approximate surface area is 118 Å². The second-order valence-electron chi connectivity index (χ2n) is 3.36. The Kier molecular flexibility index (Phi) is 3.95. The molecule has 2 rings (SSSR count). The molecular formula is C10H6BrF3N4S. The molecule has 0 aliphatic rings. The van der Waals surface area contributed by atoms with Gasteiger partial charge in [-0.3, -0.25) is 0 Å². The molecule has 19 heavy (non-hydrogen) atoms. The van der Waals surface area contributed by atoms with E-state index < -0.39 is 17.8 Å². The van der Waals surface area contributed by atoms with Gasteiger partial charge in [-0.15, -0.1) is 0 Å². The molecule has 0 saturated carbocycles. The summed E-state index contributed by atoms with van der Waals surface area (Å²) in [6.07, 6.45) is -3.02. The number of anilines is 1. The van der Waals surface area contributed by atoms with E-state index in [1.165, 1.54) is 6.20 Å². The van der Waals surface area contributed by atoms with Crippen molar-refractivity contribution in [2.24, 2.45) is 0 Å². The topological polar surface area (TPSA) is 64.7 Å². The van der Waals surface area contributed by atoms with Crippen LogP contribution in [0.25, 0.3) is 0 Å². The van der Waals surface area contributed by atoms with Crippen LogP contribution >= 0.6 is 27.7 Å². The number of nitrogens with zero attached hydrogens (tertiary/aromatic N) is 3. The molecule has 0 bridgehead atoms. The molecule has 0 atom stereocenters. The summed E-state index contributed by atoms with van der Waals surface area (Å²) in [5, 5.41) is 0.601. The van der Waals surface area contributed by atoms with Crippen LogP contribution in [0.1, 0.15) is 5.69 Å². The number of rotatable bonds is 2. The van der Waals surface area contributed by atoms with Crippen molar-refractivity contribution in [3.05, 3.63) is 34.6 Å². The summed E-state index contributed by atoms with van der Waals surface area (Å²) in [4.78, 5) is 10.9. The molecule has 0 fully saturated rings. The maximum Gasteiger partial charge on any atom is 0.433 e. The summed E-state index contributed by atoms with van der Waals surface area (Å²) >= 11 is 4.19. The minimum absolute atomic E-state index is 0.0923. The van der Waals surface area contributed by atoms with Crippen LogP contribution in [-0.2, 0) is 6.18 Å². The maximum atomic E-state index is 12.6. The summed E-state index contributed by atoms with van der Waals surface area (Å²) in [5.41, 5.74) is 4.20. The molecule has 0 amide bonds. The van der Waals surface area contributed by atoms with Gasteiger partial charge in [-0.1, -0.05) is 0 Å². The zero-order chi connectivity index (χ0) is 14.0. The lowest BCUT2D eigenvalue weighted by Crippen LogP contribution is -2.11. The van der Waals surface area contributed by atoms with Crippen molar-refractivity contribution in [1.29, 1.82) is 0 Å². The van der Waals surface area contributed by atoms with Crippen molar-refractivity contribution in [3.8, 4) is 0 Å². The Morgan fingerprint density at radius 2 is 1.89 bits per heavy atom. The quantitative estimate of drug-likeness (QED) is 0.841. The Bertz CT molecular complexity index is 588. The molecule has 0 aromatic carbocycles. The summed E-state index contributed by atoms with van der Waals surface area (Å²) < 4.78 is 38.5. The highest BCUT2D eigenvalue weighted by Gasteiger charge is 2.33. The molecule has 0 aliphatic carbocycles. The van der Waals surface area contributed by atoms with Gasteiger partial charge in [0.15, 0.2) is 5.69 Å². The Hall–Kier alpha value is -1.35. The molecule has 4 nitrogen and oxygen atoms in total. The van der Waals surface area contributed by atoms with Crippen LogP contribution < -0.4 is 5.73 Å². The van der Waals surface area contributed by atoms with E-state index in [0.29, 0.717) is 5.03 Å². The molecule has 2 heterocycles. The molecule has 2 N–H and O–H groups in total. The van der Waals surface area contributed by atoms with E-state index >= 15 is 0 Å². The van der Waals surface area contributed by atoms with Crippen LogP contribution in [-0.4, -0.2) is 15.0 Å². The molecule has 100 valence electrons. The molecule has 0 unspecified atom stereocenters. The van der Waals surface area contributed by atoms with Crippen molar-refractivity contribution in [2.75, 3.05) is 5.73 Å². The Balaban J connectivity index is 2.30. The molecule has 2 aromatic rings. The third kappa shape index (κ3) is 3.80. The number of alkyl halides is 3. The average molecular weight is 351 g/mol. The van der Waals surface area contributed by atoms with E-state index in [1.807, 2.05) is 0 Å². The second kappa shape index (κ2) is 5.33. The van der Waals surface area contributed by atoms with E-state index in [0.717, 1.165) is 22.3 Å². The van der Waals surface area contributed by atoms with Gasteiger partial charge in [0.1, 0.15) is 10.1 Å². The zero-order valence-electron chi connectivity index (χ0n) is 9.15. The first-order valence-electron chi connectivity index (χ1n) is 4.86. The van der Waals surface area contributed by atoms with Gasteiger partial charge < -0.3 is 5.73 Å². The highest BCUT2D eigenvalue weighted by atomic mass is 79.9. The van der Waals surface area contributed by atoms with Crippen LogP contribution in [0.3, 0.4) is 0 Å². The number of halogens is 4. The third-order valence-electron chi connectivity index (χ3n) is 1.92. The normalized spacial score (nSPS) is 11.6. The highest BCUT2D eigenvalue weighted by Crippen LogP contribution is 2.32. The molecule has 0 aliphatic heterocycles. The summed E-state index contributed by atoms with van der Waals surface area (Å²) in [6.45, 7) is 0. The van der Waals surface area contributed by atoms with E-state index in [4.69, 9.17) is 5.73 Å². The van der Waals surface area contributed by atoms with Gasteiger partial charge in [-0.2, -0.15) is 13.2 Å². The lowest BCUT2D eigenvalue weighted by Gasteiger charge is -2.08. The number of hydrogen-bond acceptors (Lipinski definition) is 5. The van der Waals surface area contributed by atoms with Crippen molar-refractivity contribution >= 4 is 33.6 Å².